The lowest BCUT2D eigenvalue weighted by Gasteiger charge is -2.32. The van der Waals surface area contributed by atoms with E-state index in [9.17, 15) is 4.79 Å². The predicted octanol–water partition coefficient (Wildman–Crippen LogP) is 4.97. The van der Waals surface area contributed by atoms with Crippen molar-refractivity contribution in [3.05, 3.63) is 103 Å². The van der Waals surface area contributed by atoms with E-state index < -0.39 is 0 Å². The molecule has 7 heteroatoms. The molecule has 0 saturated carbocycles. The van der Waals surface area contributed by atoms with Gasteiger partial charge in [0.05, 0.1) is 11.2 Å². The van der Waals surface area contributed by atoms with Crippen molar-refractivity contribution in [3.63, 3.8) is 0 Å². The molecule has 1 aliphatic rings. The number of piperidine rings is 1. The highest BCUT2D eigenvalue weighted by atomic mass is 16.2. The molecule has 0 atom stereocenters. The van der Waals surface area contributed by atoms with Gasteiger partial charge in [-0.05, 0) is 71.0 Å². The van der Waals surface area contributed by atoms with E-state index in [4.69, 9.17) is 0 Å². The van der Waals surface area contributed by atoms with Gasteiger partial charge in [0.1, 0.15) is 6.33 Å². The standard InChI is InChI=1S/C29H26N6O/c36-29(34-14-11-22(12-15-34)16-21-6-2-1-3-7-21)25-17-24(18-26(19-25)35-20-31-32-33-35)27-10-4-8-23-9-5-13-30-28(23)27/h1-10,13,17-20,22H,11-12,14-16H2. The second-order valence-electron chi connectivity index (χ2n) is 9.33. The van der Waals surface area contributed by atoms with Crippen LogP contribution in [0.2, 0.25) is 0 Å². The molecule has 1 saturated heterocycles. The van der Waals surface area contributed by atoms with Crippen LogP contribution >= 0.6 is 0 Å². The topological polar surface area (TPSA) is 76.8 Å². The zero-order valence-corrected chi connectivity index (χ0v) is 19.9. The molecule has 6 rings (SSSR count). The van der Waals surface area contributed by atoms with Crippen molar-refractivity contribution in [1.29, 1.82) is 0 Å². The number of hydrogen-bond acceptors (Lipinski definition) is 5. The number of hydrogen-bond donors (Lipinski definition) is 0. The number of pyridine rings is 1. The molecule has 178 valence electrons. The van der Waals surface area contributed by atoms with E-state index in [1.807, 2.05) is 53.4 Å². The lowest BCUT2D eigenvalue weighted by atomic mass is 9.90. The van der Waals surface area contributed by atoms with Crippen molar-refractivity contribution in [2.45, 2.75) is 19.3 Å². The maximum atomic E-state index is 13.7. The Balaban J connectivity index is 1.30. The molecule has 3 aromatic carbocycles. The summed E-state index contributed by atoms with van der Waals surface area (Å²) in [5.41, 5.74) is 5.52. The van der Waals surface area contributed by atoms with E-state index in [-0.39, 0.29) is 5.91 Å². The van der Waals surface area contributed by atoms with Gasteiger partial charge in [-0.3, -0.25) is 9.78 Å². The van der Waals surface area contributed by atoms with Crippen molar-refractivity contribution >= 4 is 16.8 Å². The Bertz CT molecular complexity index is 1490. The number of carbonyl (C=O) groups excluding carboxylic acids is 1. The molecule has 3 heterocycles. The Morgan fingerprint density at radius 1 is 0.917 bits per heavy atom. The second-order valence-corrected chi connectivity index (χ2v) is 9.33. The average Bonchev–Trinajstić information content (AvgIpc) is 3.48. The van der Waals surface area contributed by atoms with Crippen molar-refractivity contribution < 1.29 is 4.79 Å². The highest BCUT2D eigenvalue weighted by molar-refractivity contribution is 5.99. The Labute approximate surface area is 209 Å². The van der Waals surface area contributed by atoms with Gasteiger partial charge in [0.2, 0.25) is 0 Å². The zero-order valence-electron chi connectivity index (χ0n) is 19.9. The van der Waals surface area contributed by atoms with E-state index in [0.29, 0.717) is 11.5 Å². The molecule has 1 aliphatic heterocycles. The van der Waals surface area contributed by atoms with Gasteiger partial charge in [-0.2, -0.15) is 0 Å². The highest BCUT2D eigenvalue weighted by Crippen LogP contribution is 2.31. The van der Waals surface area contributed by atoms with E-state index in [1.54, 1.807) is 17.2 Å². The van der Waals surface area contributed by atoms with Gasteiger partial charge in [0, 0.05) is 35.8 Å². The van der Waals surface area contributed by atoms with Crippen molar-refractivity contribution in [2.24, 2.45) is 5.92 Å². The molecule has 0 aliphatic carbocycles. The summed E-state index contributed by atoms with van der Waals surface area (Å²) in [7, 11) is 0. The Kier molecular flexibility index (Phi) is 5.95. The van der Waals surface area contributed by atoms with E-state index >= 15 is 0 Å². The van der Waals surface area contributed by atoms with Crippen LogP contribution in [0.15, 0.2) is 91.4 Å². The summed E-state index contributed by atoms with van der Waals surface area (Å²) in [6.45, 7) is 1.52. The number of likely N-dealkylation sites (tertiary alicyclic amines) is 1. The van der Waals surface area contributed by atoms with Crippen molar-refractivity contribution in [3.8, 4) is 16.8 Å². The predicted molar refractivity (Wildman–Crippen MR) is 139 cm³/mol. The zero-order chi connectivity index (χ0) is 24.3. The summed E-state index contributed by atoms with van der Waals surface area (Å²) < 4.78 is 1.59. The first-order valence-corrected chi connectivity index (χ1v) is 12.3. The molecule has 0 N–H and O–H groups in total. The summed E-state index contributed by atoms with van der Waals surface area (Å²) in [6.07, 6.45) is 6.42. The van der Waals surface area contributed by atoms with Gasteiger partial charge in [-0.1, -0.05) is 54.6 Å². The lowest BCUT2D eigenvalue weighted by Crippen LogP contribution is -2.39. The number of para-hydroxylation sites is 1. The molecular formula is C29H26N6O. The molecule has 0 bridgehead atoms. The van der Waals surface area contributed by atoms with Gasteiger partial charge in [0.15, 0.2) is 0 Å². The minimum Gasteiger partial charge on any atom is -0.339 e. The number of nitrogens with zero attached hydrogens (tertiary/aromatic N) is 6. The largest absolute Gasteiger partial charge is 0.339 e. The molecule has 1 fully saturated rings. The summed E-state index contributed by atoms with van der Waals surface area (Å²) in [4.78, 5) is 20.3. The van der Waals surface area contributed by atoms with Crippen LogP contribution in [-0.2, 0) is 6.42 Å². The van der Waals surface area contributed by atoms with Gasteiger partial charge in [-0.15, -0.1) is 5.10 Å². The van der Waals surface area contributed by atoms with Crippen LogP contribution in [0.3, 0.4) is 0 Å². The second kappa shape index (κ2) is 9.70. The van der Waals surface area contributed by atoms with Crippen LogP contribution in [0.25, 0.3) is 27.7 Å². The number of amides is 1. The fourth-order valence-electron chi connectivity index (χ4n) is 5.11. The quantitative estimate of drug-likeness (QED) is 0.359. The van der Waals surface area contributed by atoms with E-state index in [0.717, 1.165) is 60.1 Å². The number of fused-ring (bicyclic) bond motifs is 1. The lowest BCUT2D eigenvalue weighted by molar-refractivity contribution is 0.0690. The van der Waals surface area contributed by atoms with Gasteiger partial charge < -0.3 is 4.90 Å². The molecule has 1 amide bonds. The molecule has 2 aromatic heterocycles. The van der Waals surface area contributed by atoms with Crippen LogP contribution in [0, 0.1) is 5.92 Å². The smallest absolute Gasteiger partial charge is 0.253 e. The van der Waals surface area contributed by atoms with Crippen LogP contribution in [0.4, 0.5) is 0 Å². The first-order chi connectivity index (χ1) is 17.7. The summed E-state index contributed by atoms with van der Waals surface area (Å²) >= 11 is 0. The van der Waals surface area contributed by atoms with Gasteiger partial charge >= 0.3 is 0 Å². The molecule has 0 spiro atoms. The first-order valence-electron chi connectivity index (χ1n) is 12.3. The Morgan fingerprint density at radius 3 is 2.56 bits per heavy atom. The maximum Gasteiger partial charge on any atom is 0.253 e. The van der Waals surface area contributed by atoms with E-state index in [1.165, 1.54) is 5.56 Å². The highest BCUT2D eigenvalue weighted by Gasteiger charge is 2.25. The molecule has 7 nitrogen and oxygen atoms in total. The fraction of sp³-hybridized carbons (Fsp3) is 0.207. The maximum absolute atomic E-state index is 13.7. The summed E-state index contributed by atoms with van der Waals surface area (Å²) in [6, 6.07) is 26.5. The fourth-order valence-corrected chi connectivity index (χ4v) is 5.11. The average molecular weight is 475 g/mol. The monoisotopic (exact) mass is 474 g/mol. The Morgan fingerprint density at radius 2 is 1.75 bits per heavy atom. The van der Waals surface area contributed by atoms with E-state index in [2.05, 4.69) is 50.8 Å². The number of tetrazole rings is 1. The third kappa shape index (κ3) is 4.47. The molecule has 36 heavy (non-hydrogen) atoms. The Hall–Kier alpha value is -4.39. The van der Waals surface area contributed by atoms with Crippen LogP contribution in [0.5, 0.6) is 0 Å². The molecule has 0 unspecified atom stereocenters. The normalized spacial score (nSPS) is 14.3. The minimum absolute atomic E-state index is 0.0394. The summed E-state index contributed by atoms with van der Waals surface area (Å²) in [5, 5.41) is 12.7. The SMILES string of the molecule is O=C(c1cc(-c2cccc3cccnc23)cc(-n2cnnn2)c1)N1CCC(Cc2ccccc2)CC1. The number of aromatic nitrogens is 5. The van der Waals surface area contributed by atoms with Crippen molar-refractivity contribution in [2.75, 3.05) is 13.1 Å². The number of carbonyl (C=O) groups is 1. The van der Waals surface area contributed by atoms with Crippen LogP contribution in [0.1, 0.15) is 28.8 Å². The minimum atomic E-state index is 0.0394. The molecular weight excluding hydrogens is 448 g/mol. The summed E-state index contributed by atoms with van der Waals surface area (Å²) in [5.74, 6) is 0.638. The number of rotatable bonds is 5. The van der Waals surface area contributed by atoms with Crippen molar-refractivity contribution in [1.82, 2.24) is 30.1 Å². The third-order valence-electron chi connectivity index (χ3n) is 6.99. The van der Waals surface area contributed by atoms with Crippen LogP contribution < -0.4 is 0 Å². The molecule has 5 aromatic rings. The third-order valence-corrected chi connectivity index (χ3v) is 6.99. The molecule has 0 radical (unpaired) electrons. The van der Waals surface area contributed by atoms with Gasteiger partial charge in [0.25, 0.3) is 5.91 Å². The van der Waals surface area contributed by atoms with Gasteiger partial charge in [-0.25, -0.2) is 4.68 Å². The van der Waals surface area contributed by atoms with Crippen LogP contribution in [-0.4, -0.2) is 49.1 Å². The number of benzene rings is 3. The first kappa shape index (κ1) is 22.1.